The van der Waals surface area contributed by atoms with E-state index < -0.39 is 4.92 Å². The Morgan fingerprint density at radius 3 is 2.33 bits per heavy atom. The van der Waals surface area contributed by atoms with E-state index in [0.29, 0.717) is 0 Å². The molecule has 0 fully saturated rings. The van der Waals surface area contributed by atoms with Gasteiger partial charge in [0.25, 0.3) is 5.69 Å². The van der Waals surface area contributed by atoms with Gasteiger partial charge in [-0.1, -0.05) is 41.9 Å². The number of aromatic hydroxyl groups is 1. The van der Waals surface area contributed by atoms with Crippen molar-refractivity contribution in [3.05, 3.63) is 87.4 Å². The number of halogens is 1. The number of rotatable bonds is 5. The number of phenols is 1. The standard InChI is InChI=1S/C20H16ClN3O3/c1-23(15-5-3-2-4-6-15)16-9-7-14(8-10-16)13-22-18-11-17(21)19(24(26)27)12-20(18)25/h2-13,25H,1H3. The van der Waals surface area contributed by atoms with E-state index in [1.165, 1.54) is 6.07 Å². The number of aliphatic imine (C=N–C) groups is 1. The van der Waals surface area contributed by atoms with Crippen molar-refractivity contribution in [3.63, 3.8) is 0 Å². The van der Waals surface area contributed by atoms with E-state index in [1.54, 1.807) is 6.21 Å². The van der Waals surface area contributed by atoms with Crippen LogP contribution in [0.4, 0.5) is 22.7 Å². The van der Waals surface area contributed by atoms with Crippen LogP contribution in [0.3, 0.4) is 0 Å². The molecule has 136 valence electrons. The van der Waals surface area contributed by atoms with E-state index in [0.717, 1.165) is 23.0 Å². The summed E-state index contributed by atoms with van der Waals surface area (Å²) in [5, 5.41) is 20.6. The lowest BCUT2D eigenvalue weighted by molar-refractivity contribution is -0.384. The quantitative estimate of drug-likeness (QED) is 0.361. The molecule has 0 aliphatic carbocycles. The molecule has 0 aliphatic rings. The van der Waals surface area contributed by atoms with Gasteiger partial charge in [0.05, 0.1) is 11.0 Å². The molecule has 0 saturated heterocycles. The van der Waals surface area contributed by atoms with Crippen molar-refractivity contribution in [2.24, 2.45) is 4.99 Å². The van der Waals surface area contributed by atoms with Gasteiger partial charge in [0.2, 0.25) is 0 Å². The largest absolute Gasteiger partial charge is 0.505 e. The second-order valence-electron chi connectivity index (χ2n) is 5.79. The molecule has 0 spiro atoms. The first-order valence-corrected chi connectivity index (χ1v) is 8.43. The Balaban J connectivity index is 1.79. The van der Waals surface area contributed by atoms with E-state index in [4.69, 9.17) is 11.6 Å². The van der Waals surface area contributed by atoms with Crippen LogP contribution in [0.2, 0.25) is 5.02 Å². The van der Waals surface area contributed by atoms with Crippen LogP contribution in [0, 0.1) is 10.1 Å². The number of hydrogen-bond donors (Lipinski definition) is 1. The lowest BCUT2D eigenvalue weighted by atomic mass is 10.2. The van der Waals surface area contributed by atoms with Crippen LogP contribution in [0.1, 0.15) is 5.56 Å². The fourth-order valence-electron chi connectivity index (χ4n) is 2.51. The Hall–Kier alpha value is -3.38. The van der Waals surface area contributed by atoms with Crippen LogP contribution in [-0.4, -0.2) is 23.3 Å². The molecule has 0 bridgehead atoms. The fourth-order valence-corrected chi connectivity index (χ4v) is 2.74. The zero-order valence-electron chi connectivity index (χ0n) is 14.4. The van der Waals surface area contributed by atoms with Gasteiger partial charge in [-0.25, -0.2) is 0 Å². The van der Waals surface area contributed by atoms with E-state index in [2.05, 4.69) is 9.89 Å². The van der Waals surface area contributed by atoms with Crippen molar-refractivity contribution in [3.8, 4) is 5.75 Å². The van der Waals surface area contributed by atoms with E-state index in [1.807, 2.05) is 61.6 Å². The molecule has 6 nitrogen and oxygen atoms in total. The van der Waals surface area contributed by atoms with Gasteiger partial charge in [0, 0.05) is 24.6 Å². The summed E-state index contributed by atoms with van der Waals surface area (Å²) in [6, 6.07) is 19.9. The third-order valence-corrected chi connectivity index (χ3v) is 4.32. The number of hydrogen-bond acceptors (Lipinski definition) is 5. The van der Waals surface area contributed by atoms with Crippen molar-refractivity contribution in [2.45, 2.75) is 0 Å². The second kappa shape index (κ2) is 7.88. The van der Waals surface area contributed by atoms with Crippen LogP contribution in [0.15, 0.2) is 71.7 Å². The van der Waals surface area contributed by atoms with Gasteiger partial charge in [-0.15, -0.1) is 0 Å². The highest BCUT2D eigenvalue weighted by atomic mass is 35.5. The minimum atomic E-state index is -0.655. The Morgan fingerprint density at radius 2 is 1.70 bits per heavy atom. The Bertz CT molecular complexity index is 989. The van der Waals surface area contributed by atoms with E-state index in [-0.39, 0.29) is 22.1 Å². The summed E-state index contributed by atoms with van der Waals surface area (Å²) in [5.41, 5.74) is 2.70. The molecule has 0 unspecified atom stereocenters. The van der Waals surface area contributed by atoms with Crippen molar-refractivity contribution in [1.82, 2.24) is 0 Å². The highest BCUT2D eigenvalue weighted by molar-refractivity contribution is 6.33. The first-order valence-electron chi connectivity index (χ1n) is 8.05. The molecule has 0 saturated carbocycles. The van der Waals surface area contributed by atoms with Crippen molar-refractivity contribution in [2.75, 3.05) is 11.9 Å². The van der Waals surface area contributed by atoms with Gasteiger partial charge in [-0.3, -0.25) is 15.1 Å². The topological polar surface area (TPSA) is 79.0 Å². The highest BCUT2D eigenvalue weighted by Crippen LogP contribution is 2.36. The third kappa shape index (κ3) is 4.24. The maximum Gasteiger partial charge on any atom is 0.291 e. The zero-order chi connectivity index (χ0) is 19.4. The van der Waals surface area contributed by atoms with Gasteiger partial charge < -0.3 is 10.0 Å². The van der Waals surface area contributed by atoms with Gasteiger partial charge in [0.1, 0.15) is 16.5 Å². The predicted molar refractivity (Wildman–Crippen MR) is 108 cm³/mol. The normalized spacial score (nSPS) is 10.9. The number of benzene rings is 3. The highest BCUT2D eigenvalue weighted by Gasteiger charge is 2.16. The monoisotopic (exact) mass is 381 g/mol. The van der Waals surface area contributed by atoms with Gasteiger partial charge in [-0.2, -0.15) is 0 Å². The first-order chi connectivity index (χ1) is 13.0. The van der Waals surface area contributed by atoms with Crippen molar-refractivity contribution >= 4 is 40.6 Å². The molecule has 0 amide bonds. The Morgan fingerprint density at radius 1 is 1.07 bits per heavy atom. The molecule has 0 heterocycles. The number of nitro groups is 1. The summed E-state index contributed by atoms with van der Waals surface area (Å²) in [4.78, 5) is 16.4. The Labute approximate surface area is 161 Å². The summed E-state index contributed by atoms with van der Waals surface area (Å²) < 4.78 is 0. The van der Waals surface area contributed by atoms with Crippen LogP contribution in [-0.2, 0) is 0 Å². The summed E-state index contributed by atoms with van der Waals surface area (Å²) in [6.07, 6.45) is 1.56. The fraction of sp³-hybridized carbons (Fsp3) is 0.0500. The molecule has 3 aromatic rings. The summed E-state index contributed by atoms with van der Waals surface area (Å²) in [5.74, 6) is -0.303. The predicted octanol–water partition coefficient (Wildman–Crippen LogP) is 5.47. The van der Waals surface area contributed by atoms with E-state index in [9.17, 15) is 15.2 Å². The molecular weight excluding hydrogens is 366 g/mol. The van der Waals surface area contributed by atoms with Gasteiger partial charge in [0.15, 0.2) is 0 Å². The number of phenolic OH excluding ortho intramolecular Hbond substituents is 1. The second-order valence-corrected chi connectivity index (χ2v) is 6.20. The van der Waals surface area contributed by atoms with Crippen LogP contribution >= 0.6 is 11.6 Å². The van der Waals surface area contributed by atoms with Crippen LogP contribution in [0.25, 0.3) is 0 Å². The van der Waals surface area contributed by atoms with Crippen LogP contribution < -0.4 is 4.90 Å². The third-order valence-electron chi connectivity index (χ3n) is 4.02. The molecule has 0 aromatic heterocycles. The molecule has 7 heteroatoms. The molecule has 3 aromatic carbocycles. The van der Waals surface area contributed by atoms with Crippen LogP contribution in [0.5, 0.6) is 5.75 Å². The molecule has 0 aliphatic heterocycles. The smallest absolute Gasteiger partial charge is 0.291 e. The first kappa shape index (κ1) is 18.4. The molecule has 0 radical (unpaired) electrons. The zero-order valence-corrected chi connectivity index (χ0v) is 15.2. The molecule has 27 heavy (non-hydrogen) atoms. The van der Waals surface area contributed by atoms with Crippen molar-refractivity contribution < 1.29 is 10.0 Å². The minimum Gasteiger partial charge on any atom is -0.505 e. The SMILES string of the molecule is CN(c1ccccc1)c1ccc(C=Nc2cc(Cl)c([N+](=O)[O-])cc2O)cc1. The lowest BCUT2D eigenvalue weighted by Crippen LogP contribution is -2.08. The maximum absolute atomic E-state index is 10.8. The minimum absolute atomic E-state index is 0.0789. The molecule has 1 N–H and O–H groups in total. The molecule has 0 atom stereocenters. The van der Waals surface area contributed by atoms with Gasteiger partial charge >= 0.3 is 0 Å². The summed E-state index contributed by atoms with van der Waals surface area (Å²) in [7, 11) is 1.98. The number of nitrogens with zero attached hydrogens (tertiary/aromatic N) is 3. The lowest BCUT2D eigenvalue weighted by Gasteiger charge is -2.19. The maximum atomic E-state index is 10.8. The van der Waals surface area contributed by atoms with Gasteiger partial charge in [-0.05, 0) is 35.9 Å². The summed E-state index contributed by atoms with van der Waals surface area (Å²) in [6.45, 7) is 0. The number of nitro benzene ring substituents is 1. The average molecular weight is 382 g/mol. The number of para-hydroxylation sites is 1. The molecular formula is C20H16ClN3O3. The van der Waals surface area contributed by atoms with Crippen molar-refractivity contribution in [1.29, 1.82) is 0 Å². The number of anilines is 2. The average Bonchev–Trinajstić information content (AvgIpc) is 2.68. The molecule has 3 rings (SSSR count). The van der Waals surface area contributed by atoms with E-state index >= 15 is 0 Å². The Kier molecular flexibility index (Phi) is 5.38. The summed E-state index contributed by atoms with van der Waals surface area (Å²) >= 11 is 5.86.